The van der Waals surface area contributed by atoms with Crippen LogP contribution >= 0.6 is 0 Å². The third-order valence-corrected chi connectivity index (χ3v) is 3.73. The summed E-state index contributed by atoms with van der Waals surface area (Å²) in [5.74, 6) is 0.992. The fraction of sp³-hybridized carbons (Fsp3) is 0.538. The second kappa shape index (κ2) is 4.31. The third kappa shape index (κ3) is 2.20. The average molecular weight is 207 g/mol. The summed E-state index contributed by atoms with van der Waals surface area (Å²) in [4.78, 5) is 0. The van der Waals surface area contributed by atoms with Crippen molar-refractivity contribution in [1.29, 1.82) is 0 Å². The fourth-order valence-electron chi connectivity index (χ4n) is 2.52. The number of benzene rings is 1. The van der Waals surface area contributed by atoms with Crippen LogP contribution in [0, 0.1) is 17.7 Å². The van der Waals surface area contributed by atoms with E-state index in [-0.39, 0.29) is 5.82 Å². The Balaban J connectivity index is 2.07. The van der Waals surface area contributed by atoms with Crippen molar-refractivity contribution in [2.45, 2.75) is 32.2 Å². The summed E-state index contributed by atoms with van der Waals surface area (Å²) in [6.45, 7) is 2.18. The van der Waals surface area contributed by atoms with Crippen molar-refractivity contribution in [2.24, 2.45) is 17.6 Å². The lowest BCUT2D eigenvalue weighted by Gasteiger charge is -2.18. The van der Waals surface area contributed by atoms with Gasteiger partial charge >= 0.3 is 0 Å². The van der Waals surface area contributed by atoms with Crippen molar-refractivity contribution in [3.8, 4) is 0 Å². The van der Waals surface area contributed by atoms with Crippen molar-refractivity contribution in [1.82, 2.24) is 0 Å². The second-order valence-corrected chi connectivity index (χ2v) is 4.66. The molecule has 1 aromatic carbocycles. The van der Waals surface area contributed by atoms with Crippen molar-refractivity contribution < 1.29 is 4.39 Å². The zero-order valence-corrected chi connectivity index (χ0v) is 9.12. The Morgan fingerprint density at radius 1 is 1.33 bits per heavy atom. The van der Waals surface area contributed by atoms with Crippen LogP contribution in [0.5, 0.6) is 0 Å². The minimum Gasteiger partial charge on any atom is -0.327 e. The molecule has 3 atom stereocenters. The number of rotatable bonds is 2. The van der Waals surface area contributed by atoms with Gasteiger partial charge < -0.3 is 5.73 Å². The van der Waals surface area contributed by atoms with Gasteiger partial charge in [-0.3, -0.25) is 0 Å². The molecular weight excluding hydrogens is 189 g/mol. The van der Waals surface area contributed by atoms with Crippen LogP contribution in [0.3, 0.4) is 0 Å². The van der Waals surface area contributed by atoms with Crippen LogP contribution in [0.25, 0.3) is 0 Å². The molecule has 3 unspecified atom stereocenters. The summed E-state index contributed by atoms with van der Waals surface area (Å²) < 4.78 is 13.4. The first kappa shape index (κ1) is 10.6. The van der Waals surface area contributed by atoms with E-state index >= 15 is 0 Å². The van der Waals surface area contributed by atoms with Crippen LogP contribution < -0.4 is 5.73 Å². The topological polar surface area (TPSA) is 26.0 Å². The maximum Gasteiger partial charge on any atom is 0.126 e. The zero-order valence-electron chi connectivity index (χ0n) is 9.12. The first-order valence-electron chi connectivity index (χ1n) is 5.67. The standard InChI is InChI=1S/C13H18FN/c1-9-10(6-7-13(9)15)8-11-4-2-3-5-12(11)14/h2-5,9-10,13H,6-8,15H2,1H3. The Bertz CT molecular complexity index is 337. The summed E-state index contributed by atoms with van der Waals surface area (Å²) in [5.41, 5.74) is 6.80. The molecule has 0 bridgehead atoms. The van der Waals surface area contributed by atoms with Crippen LogP contribution in [0.4, 0.5) is 4.39 Å². The summed E-state index contributed by atoms with van der Waals surface area (Å²) in [6.07, 6.45) is 3.05. The van der Waals surface area contributed by atoms with Gasteiger partial charge in [-0.25, -0.2) is 4.39 Å². The molecule has 1 aliphatic carbocycles. The van der Waals surface area contributed by atoms with Gasteiger partial charge in [0.15, 0.2) is 0 Å². The summed E-state index contributed by atoms with van der Waals surface area (Å²) >= 11 is 0. The smallest absolute Gasteiger partial charge is 0.126 e. The minimum atomic E-state index is -0.0785. The van der Waals surface area contributed by atoms with Gasteiger partial charge in [0.25, 0.3) is 0 Å². The van der Waals surface area contributed by atoms with Gasteiger partial charge in [0.05, 0.1) is 0 Å². The Morgan fingerprint density at radius 2 is 2.07 bits per heavy atom. The first-order chi connectivity index (χ1) is 7.18. The molecule has 1 nitrogen and oxygen atoms in total. The first-order valence-corrected chi connectivity index (χ1v) is 5.67. The van der Waals surface area contributed by atoms with E-state index in [2.05, 4.69) is 6.92 Å². The quantitative estimate of drug-likeness (QED) is 0.792. The van der Waals surface area contributed by atoms with Crippen molar-refractivity contribution in [3.05, 3.63) is 35.6 Å². The Morgan fingerprint density at radius 3 is 2.67 bits per heavy atom. The predicted octanol–water partition coefficient (Wildman–Crippen LogP) is 2.74. The molecule has 0 saturated heterocycles. The Kier molecular flexibility index (Phi) is 3.06. The maximum absolute atomic E-state index is 13.4. The van der Waals surface area contributed by atoms with E-state index in [1.54, 1.807) is 6.07 Å². The highest BCUT2D eigenvalue weighted by atomic mass is 19.1. The fourth-order valence-corrected chi connectivity index (χ4v) is 2.52. The molecule has 0 aromatic heterocycles. The van der Waals surface area contributed by atoms with Crippen LogP contribution in [-0.4, -0.2) is 6.04 Å². The van der Waals surface area contributed by atoms with Gasteiger partial charge in [-0.05, 0) is 42.7 Å². The molecule has 2 heteroatoms. The monoisotopic (exact) mass is 207 g/mol. The molecule has 0 aliphatic heterocycles. The highest BCUT2D eigenvalue weighted by Crippen LogP contribution is 2.33. The van der Waals surface area contributed by atoms with Gasteiger partial charge in [-0.15, -0.1) is 0 Å². The van der Waals surface area contributed by atoms with Crippen LogP contribution in [0.1, 0.15) is 25.3 Å². The van der Waals surface area contributed by atoms with Gasteiger partial charge in [-0.1, -0.05) is 25.1 Å². The van der Waals surface area contributed by atoms with Crippen LogP contribution in [0.15, 0.2) is 24.3 Å². The van der Waals surface area contributed by atoms with Crippen LogP contribution in [-0.2, 0) is 6.42 Å². The van der Waals surface area contributed by atoms with E-state index in [1.165, 1.54) is 6.07 Å². The Labute approximate surface area is 90.5 Å². The summed E-state index contributed by atoms with van der Waals surface area (Å²) in [7, 11) is 0. The van der Waals surface area contributed by atoms with E-state index in [9.17, 15) is 4.39 Å². The number of nitrogens with two attached hydrogens (primary N) is 1. The maximum atomic E-state index is 13.4. The highest BCUT2D eigenvalue weighted by molar-refractivity contribution is 5.18. The second-order valence-electron chi connectivity index (χ2n) is 4.66. The van der Waals surface area contributed by atoms with E-state index in [0.717, 1.165) is 24.8 Å². The SMILES string of the molecule is CC1C(N)CCC1Cc1ccccc1F. The van der Waals surface area contributed by atoms with E-state index < -0.39 is 0 Å². The molecular formula is C13H18FN. The number of hydrogen-bond donors (Lipinski definition) is 1. The molecule has 1 aliphatic rings. The lowest BCUT2D eigenvalue weighted by atomic mass is 9.89. The van der Waals surface area contributed by atoms with Crippen molar-refractivity contribution in [3.63, 3.8) is 0 Å². The summed E-state index contributed by atoms with van der Waals surface area (Å²) in [5, 5.41) is 0. The molecule has 2 rings (SSSR count). The molecule has 82 valence electrons. The Hall–Kier alpha value is -0.890. The normalized spacial score (nSPS) is 30.7. The molecule has 2 N–H and O–H groups in total. The zero-order chi connectivity index (χ0) is 10.8. The molecule has 0 radical (unpaired) electrons. The number of hydrogen-bond acceptors (Lipinski definition) is 1. The van der Waals surface area contributed by atoms with Crippen molar-refractivity contribution in [2.75, 3.05) is 0 Å². The van der Waals surface area contributed by atoms with E-state index in [4.69, 9.17) is 5.73 Å². The number of halogens is 1. The summed E-state index contributed by atoms with van der Waals surface area (Å²) in [6, 6.07) is 7.36. The van der Waals surface area contributed by atoms with E-state index in [1.807, 2.05) is 12.1 Å². The van der Waals surface area contributed by atoms with Gasteiger partial charge in [0.2, 0.25) is 0 Å². The molecule has 0 spiro atoms. The molecule has 0 amide bonds. The molecule has 1 aromatic rings. The van der Waals surface area contributed by atoms with Gasteiger partial charge in [-0.2, -0.15) is 0 Å². The lowest BCUT2D eigenvalue weighted by molar-refractivity contribution is 0.385. The molecule has 1 fully saturated rings. The van der Waals surface area contributed by atoms with Gasteiger partial charge in [0, 0.05) is 6.04 Å². The highest BCUT2D eigenvalue weighted by Gasteiger charge is 2.30. The third-order valence-electron chi connectivity index (χ3n) is 3.73. The van der Waals surface area contributed by atoms with Crippen LogP contribution in [0.2, 0.25) is 0 Å². The molecule has 15 heavy (non-hydrogen) atoms. The van der Waals surface area contributed by atoms with Gasteiger partial charge in [0.1, 0.15) is 5.82 Å². The predicted molar refractivity (Wildman–Crippen MR) is 60.0 cm³/mol. The average Bonchev–Trinajstić information content (AvgIpc) is 2.53. The lowest BCUT2D eigenvalue weighted by Crippen LogP contribution is -2.25. The van der Waals surface area contributed by atoms with E-state index in [0.29, 0.717) is 17.9 Å². The molecule has 0 heterocycles. The van der Waals surface area contributed by atoms with Crippen molar-refractivity contribution >= 4 is 0 Å². The largest absolute Gasteiger partial charge is 0.327 e. The minimum absolute atomic E-state index is 0.0785. The molecule has 1 saturated carbocycles.